The van der Waals surface area contributed by atoms with Gasteiger partial charge in [-0.15, -0.1) is 0 Å². The summed E-state index contributed by atoms with van der Waals surface area (Å²) in [4.78, 5) is 30.5. The molecule has 1 heterocycles. The highest BCUT2D eigenvalue weighted by Crippen LogP contribution is 2.18. The molecule has 1 aromatic heterocycles. The van der Waals surface area contributed by atoms with Crippen molar-refractivity contribution >= 4 is 33.3 Å². The number of sulfonamides is 1. The smallest absolute Gasteiger partial charge is 0.269 e. The lowest BCUT2D eigenvalue weighted by molar-refractivity contribution is -0.384. The fourth-order valence-corrected chi connectivity index (χ4v) is 3.74. The monoisotopic (exact) mass is 441 g/mol. The molecule has 0 saturated heterocycles. The molecule has 1 amide bonds. The molecule has 2 aromatic carbocycles. The van der Waals surface area contributed by atoms with Crippen LogP contribution in [0, 0.1) is 24.0 Å². The second kappa shape index (κ2) is 8.88. The van der Waals surface area contributed by atoms with Gasteiger partial charge in [-0.25, -0.2) is 23.1 Å². The third kappa shape index (κ3) is 5.82. The van der Waals surface area contributed by atoms with Crippen LogP contribution in [0.25, 0.3) is 0 Å². The van der Waals surface area contributed by atoms with Gasteiger partial charge in [-0.1, -0.05) is 12.1 Å². The van der Waals surface area contributed by atoms with Gasteiger partial charge >= 0.3 is 0 Å². The average molecular weight is 441 g/mol. The van der Waals surface area contributed by atoms with Crippen molar-refractivity contribution in [3.05, 3.63) is 81.7 Å². The maximum Gasteiger partial charge on any atom is 0.269 e. The summed E-state index contributed by atoms with van der Waals surface area (Å²) in [6.07, 6.45) is 0.0175. The van der Waals surface area contributed by atoms with Crippen molar-refractivity contribution in [1.29, 1.82) is 0 Å². The molecule has 0 unspecified atom stereocenters. The van der Waals surface area contributed by atoms with Crippen LogP contribution in [0.15, 0.2) is 59.5 Å². The molecule has 10 nitrogen and oxygen atoms in total. The van der Waals surface area contributed by atoms with Gasteiger partial charge in [-0.05, 0) is 49.7 Å². The van der Waals surface area contributed by atoms with Gasteiger partial charge in [0.1, 0.15) is 0 Å². The summed E-state index contributed by atoms with van der Waals surface area (Å²) >= 11 is 0. The number of benzene rings is 2. The Morgan fingerprint density at radius 2 is 1.58 bits per heavy atom. The minimum absolute atomic E-state index is 0.0105. The Balaban J connectivity index is 1.64. The van der Waals surface area contributed by atoms with E-state index in [9.17, 15) is 23.3 Å². The first-order chi connectivity index (χ1) is 14.6. The van der Waals surface area contributed by atoms with Crippen LogP contribution in [0.1, 0.15) is 17.0 Å². The summed E-state index contributed by atoms with van der Waals surface area (Å²) in [5, 5.41) is 13.3. The Bertz CT molecular complexity index is 1210. The van der Waals surface area contributed by atoms with Crippen molar-refractivity contribution in [1.82, 2.24) is 9.97 Å². The topological polar surface area (TPSA) is 144 Å². The Morgan fingerprint density at radius 1 is 1.00 bits per heavy atom. The second-order valence-corrected chi connectivity index (χ2v) is 8.44. The summed E-state index contributed by atoms with van der Waals surface area (Å²) in [6.45, 7) is 3.47. The molecule has 0 aliphatic heterocycles. The van der Waals surface area contributed by atoms with E-state index in [-0.39, 0.29) is 28.9 Å². The van der Waals surface area contributed by atoms with Crippen molar-refractivity contribution in [3.63, 3.8) is 0 Å². The van der Waals surface area contributed by atoms with E-state index in [0.29, 0.717) is 22.6 Å². The molecule has 0 fully saturated rings. The number of hydrogen-bond donors (Lipinski definition) is 2. The summed E-state index contributed by atoms with van der Waals surface area (Å²) in [5.74, 6) is -0.357. The van der Waals surface area contributed by atoms with Crippen LogP contribution in [-0.4, -0.2) is 29.2 Å². The zero-order valence-corrected chi connectivity index (χ0v) is 17.5. The van der Waals surface area contributed by atoms with Crippen molar-refractivity contribution in [2.75, 3.05) is 10.0 Å². The van der Waals surface area contributed by atoms with Gasteiger partial charge in [0.2, 0.25) is 11.9 Å². The fourth-order valence-electron chi connectivity index (χ4n) is 2.79. The average Bonchev–Trinajstić information content (AvgIpc) is 2.67. The summed E-state index contributed by atoms with van der Waals surface area (Å²) in [5.41, 5.74) is 2.24. The highest BCUT2D eigenvalue weighted by atomic mass is 32.2. The van der Waals surface area contributed by atoms with Crippen molar-refractivity contribution < 1.29 is 18.1 Å². The first-order valence-corrected chi connectivity index (χ1v) is 10.6. The lowest BCUT2D eigenvalue weighted by Crippen LogP contribution is -2.16. The lowest BCUT2D eigenvalue weighted by atomic mass is 10.1. The number of rotatable bonds is 7. The molecule has 11 heteroatoms. The minimum Gasteiger partial charge on any atom is -0.326 e. The highest BCUT2D eigenvalue weighted by Gasteiger charge is 2.16. The maximum absolute atomic E-state index is 12.5. The van der Waals surface area contributed by atoms with E-state index in [4.69, 9.17) is 0 Å². The third-order valence-electron chi connectivity index (χ3n) is 4.17. The number of nitro groups is 1. The SMILES string of the molecule is Cc1cc(C)nc(NS(=O)(=O)c2ccc(NC(=O)Cc3ccc([N+](=O)[O-])cc3)cc2)n1. The summed E-state index contributed by atoms with van der Waals surface area (Å²) < 4.78 is 27.4. The highest BCUT2D eigenvalue weighted by molar-refractivity contribution is 7.92. The molecule has 31 heavy (non-hydrogen) atoms. The van der Waals surface area contributed by atoms with Gasteiger partial charge in [-0.3, -0.25) is 14.9 Å². The number of aryl methyl sites for hydroxylation is 2. The van der Waals surface area contributed by atoms with Crippen molar-refractivity contribution in [2.24, 2.45) is 0 Å². The van der Waals surface area contributed by atoms with Crippen LogP contribution in [-0.2, 0) is 21.2 Å². The van der Waals surface area contributed by atoms with Crippen LogP contribution in [0.4, 0.5) is 17.3 Å². The van der Waals surface area contributed by atoms with E-state index in [1.165, 1.54) is 48.5 Å². The molecule has 0 saturated carbocycles. The second-order valence-electron chi connectivity index (χ2n) is 6.75. The number of aromatic nitrogens is 2. The Labute approximate surface area is 178 Å². The number of amides is 1. The van der Waals surface area contributed by atoms with Gasteiger partial charge in [0, 0.05) is 29.2 Å². The Morgan fingerprint density at radius 3 is 2.13 bits per heavy atom. The fraction of sp³-hybridized carbons (Fsp3) is 0.150. The predicted molar refractivity (Wildman–Crippen MR) is 114 cm³/mol. The number of carbonyl (C=O) groups is 1. The summed E-state index contributed by atoms with van der Waals surface area (Å²) in [6, 6.07) is 13.0. The number of nitrogens with one attached hydrogen (secondary N) is 2. The predicted octanol–water partition coefficient (Wildman–Crippen LogP) is 2.98. The van der Waals surface area contributed by atoms with Gasteiger partial charge < -0.3 is 5.32 Å². The molecule has 0 aliphatic rings. The molecule has 160 valence electrons. The number of carbonyl (C=O) groups excluding carboxylic acids is 1. The van der Waals surface area contributed by atoms with Gasteiger partial charge in [0.05, 0.1) is 16.2 Å². The standard InChI is InChI=1S/C20H19N5O5S/c1-13-11-14(2)22-20(21-13)24-31(29,30)18-9-5-16(6-10-18)23-19(26)12-15-3-7-17(8-4-15)25(27)28/h3-11H,12H2,1-2H3,(H,23,26)(H,21,22,24). The summed E-state index contributed by atoms with van der Waals surface area (Å²) in [7, 11) is -3.89. The van der Waals surface area contributed by atoms with Crippen LogP contribution in [0.5, 0.6) is 0 Å². The Hall–Kier alpha value is -3.86. The number of non-ortho nitro benzene ring substituents is 1. The maximum atomic E-state index is 12.5. The molecule has 3 rings (SSSR count). The van der Waals surface area contributed by atoms with E-state index in [2.05, 4.69) is 20.0 Å². The molecule has 3 aromatic rings. The van der Waals surface area contributed by atoms with Crippen molar-refractivity contribution in [3.8, 4) is 0 Å². The quantitative estimate of drug-likeness (QED) is 0.423. The van der Waals surface area contributed by atoms with Crippen LogP contribution in [0.3, 0.4) is 0 Å². The van der Waals surface area contributed by atoms with E-state index in [1.54, 1.807) is 19.9 Å². The first-order valence-electron chi connectivity index (χ1n) is 9.11. The lowest BCUT2D eigenvalue weighted by Gasteiger charge is -2.09. The number of nitrogens with zero attached hydrogens (tertiary/aromatic N) is 3. The van der Waals surface area contributed by atoms with E-state index < -0.39 is 14.9 Å². The Kier molecular flexibility index (Phi) is 6.25. The van der Waals surface area contributed by atoms with Crippen molar-refractivity contribution in [2.45, 2.75) is 25.2 Å². The first kappa shape index (κ1) is 21.8. The van der Waals surface area contributed by atoms with Gasteiger partial charge in [-0.2, -0.15) is 0 Å². The zero-order chi connectivity index (χ0) is 22.6. The molecule has 2 N–H and O–H groups in total. The number of anilines is 2. The van der Waals surface area contributed by atoms with Crippen LogP contribution < -0.4 is 10.0 Å². The third-order valence-corrected chi connectivity index (χ3v) is 5.51. The molecule has 0 bridgehead atoms. The molecular weight excluding hydrogens is 422 g/mol. The molecule has 0 spiro atoms. The minimum atomic E-state index is -3.89. The number of nitro benzene ring substituents is 1. The molecular formula is C20H19N5O5S. The number of hydrogen-bond acceptors (Lipinski definition) is 7. The molecule has 0 atom stereocenters. The normalized spacial score (nSPS) is 11.0. The van der Waals surface area contributed by atoms with E-state index >= 15 is 0 Å². The van der Waals surface area contributed by atoms with Gasteiger partial charge in [0.25, 0.3) is 15.7 Å². The van der Waals surface area contributed by atoms with E-state index in [0.717, 1.165) is 0 Å². The van der Waals surface area contributed by atoms with E-state index in [1.807, 2.05) is 0 Å². The van der Waals surface area contributed by atoms with Crippen LogP contribution in [0.2, 0.25) is 0 Å². The van der Waals surface area contributed by atoms with Crippen LogP contribution >= 0.6 is 0 Å². The zero-order valence-electron chi connectivity index (χ0n) is 16.7. The van der Waals surface area contributed by atoms with Gasteiger partial charge in [0.15, 0.2) is 0 Å². The molecule has 0 radical (unpaired) electrons. The largest absolute Gasteiger partial charge is 0.326 e. The molecule has 0 aliphatic carbocycles.